The molecule has 0 heterocycles. The summed E-state index contributed by atoms with van der Waals surface area (Å²) >= 11 is 0. The lowest BCUT2D eigenvalue weighted by Crippen LogP contribution is -2.44. The second kappa shape index (κ2) is 7.66. The topological polar surface area (TPSA) is 20.2 Å². The Kier molecular flexibility index (Phi) is 5.46. The van der Waals surface area contributed by atoms with Crippen molar-refractivity contribution in [1.29, 1.82) is 0 Å². The van der Waals surface area contributed by atoms with Gasteiger partial charge in [-0.25, -0.2) is 0 Å². The number of rotatable bonds is 6. The molecule has 2 bridgehead atoms. The SMILES string of the molecule is CCCCCC12CCC(c3ccc([C@H]4CC[C@H](O)CC4)cc3)(CC1)CC2. The molecule has 1 heteroatoms. The summed E-state index contributed by atoms with van der Waals surface area (Å²) in [5.41, 5.74) is 4.34. The molecule has 0 aliphatic heterocycles. The van der Waals surface area contributed by atoms with Crippen LogP contribution in [0.15, 0.2) is 24.3 Å². The summed E-state index contributed by atoms with van der Waals surface area (Å²) in [7, 11) is 0. The van der Waals surface area contributed by atoms with Gasteiger partial charge in [-0.05, 0) is 98.5 Å². The summed E-state index contributed by atoms with van der Waals surface area (Å²) < 4.78 is 0. The quantitative estimate of drug-likeness (QED) is 0.552. The fraction of sp³-hybridized carbons (Fsp3) is 0.760. The molecule has 4 aliphatic carbocycles. The van der Waals surface area contributed by atoms with Crippen molar-refractivity contribution in [3.63, 3.8) is 0 Å². The van der Waals surface area contributed by atoms with Gasteiger partial charge in [-0.3, -0.25) is 0 Å². The Labute approximate surface area is 160 Å². The van der Waals surface area contributed by atoms with E-state index in [1.807, 2.05) is 0 Å². The van der Waals surface area contributed by atoms with Crippen molar-refractivity contribution in [2.75, 3.05) is 0 Å². The minimum absolute atomic E-state index is 0.0496. The van der Waals surface area contributed by atoms with Crippen LogP contribution in [0.5, 0.6) is 0 Å². The van der Waals surface area contributed by atoms with E-state index in [0.717, 1.165) is 25.7 Å². The summed E-state index contributed by atoms with van der Waals surface area (Å²) in [5.74, 6) is 0.675. The van der Waals surface area contributed by atoms with E-state index in [0.29, 0.717) is 16.7 Å². The van der Waals surface area contributed by atoms with Crippen LogP contribution >= 0.6 is 0 Å². The molecule has 0 unspecified atom stereocenters. The van der Waals surface area contributed by atoms with Crippen molar-refractivity contribution in [3.05, 3.63) is 35.4 Å². The van der Waals surface area contributed by atoms with E-state index >= 15 is 0 Å². The highest BCUT2D eigenvalue weighted by atomic mass is 16.3. The van der Waals surface area contributed by atoms with Crippen molar-refractivity contribution in [1.82, 2.24) is 0 Å². The molecule has 1 nitrogen and oxygen atoms in total. The maximum absolute atomic E-state index is 9.75. The Morgan fingerprint density at radius 3 is 2.04 bits per heavy atom. The molecule has 0 atom stereocenters. The first-order valence-corrected chi connectivity index (χ1v) is 11.4. The van der Waals surface area contributed by atoms with Gasteiger partial charge in [0, 0.05) is 0 Å². The average Bonchev–Trinajstić information content (AvgIpc) is 2.70. The van der Waals surface area contributed by atoms with Gasteiger partial charge in [-0.1, -0.05) is 50.5 Å². The normalized spacial score (nSPS) is 37.0. The van der Waals surface area contributed by atoms with E-state index < -0.39 is 0 Å². The minimum atomic E-state index is -0.0496. The summed E-state index contributed by atoms with van der Waals surface area (Å²) in [5, 5.41) is 9.75. The van der Waals surface area contributed by atoms with Crippen LogP contribution in [0.3, 0.4) is 0 Å². The minimum Gasteiger partial charge on any atom is -0.393 e. The average molecular weight is 355 g/mol. The first-order valence-electron chi connectivity index (χ1n) is 11.4. The van der Waals surface area contributed by atoms with E-state index in [1.165, 1.54) is 69.8 Å². The molecule has 4 aliphatic rings. The molecule has 4 fully saturated rings. The monoisotopic (exact) mass is 354 g/mol. The predicted octanol–water partition coefficient (Wildman–Crippen LogP) is 6.88. The third-order valence-electron chi connectivity index (χ3n) is 8.40. The van der Waals surface area contributed by atoms with E-state index in [-0.39, 0.29) is 6.10 Å². The van der Waals surface area contributed by atoms with Gasteiger partial charge in [0.2, 0.25) is 0 Å². The number of unbranched alkanes of at least 4 members (excludes halogenated alkanes) is 2. The third-order valence-corrected chi connectivity index (χ3v) is 8.40. The largest absolute Gasteiger partial charge is 0.393 e. The number of aliphatic hydroxyl groups is 1. The Hall–Kier alpha value is -0.820. The van der Waals surface area contributed by atoms with Gasteiger partial charge in [-0.2, -0.15) is 0 Å². The lowest BCUT2D eigenvalue weighted by molar-refractivity contribution is 0.0305. The first kappa shape index (κ1) is 18.5. The van der Waals surface area contributed by atoms with Crippen LogP contribution in [0.25, 0.3) is 0 Å². The van der Waals surface area contributed by atoms with Crippen molar-refractivity contribution < 1.29 is 5.11 Å². The molecule has 1 N–H and O–H groups in total. The number of fused-ring (bicyclic) bond motifs is 3. The molecule has 1 aromatic rings. The van der Waals surface area contributed by atoms with Crippen molar-refractivity contribution in [2.45, 2.75) is 114 Å². The van der Waals surface area contributed by atoms with Gasteiger partial charge in [0.1, 0.15) is 0 Å². The molecule has 4 saturated carbocycles. The molecular formula is C25H38O. The van der Waals surface area contributed by atoms with Crippen LogP contribution in [-0.4, -0.2) is 11.2 Å². The maximum atomic E-state index is 9.75. The van der Waals surface area contributed by atoms with Gasteiger partial charge in [-0.15, -0.1) is 0 Å². The zero-order valence-electron chi connectivity index (χ0n) is 16.8. The van der Waals surface area contributed by atoms with Crippen LogP contribution in [0, 0.1) is 5.41 Å². The van der Waals surface area contributed by atoms with E-state index in [4.69, 9.17) is 0 Å². The summed E-state index contributed by atoms with van der Waals surface area (Å²) in [6.07, 6.45) is 18.6. The first-order chi connectivity index (χ1) is 12.6. The molecule has 0 amide bonds. The number of hydrogen-bond donors (Lipinski definition) is 1. The molecule has 0 spiro atoms. The highest BCUT2D eigenvalue weighted by Crippen LogP contribution is 2.59. The zero-order chi connectivity index (χ0) is 18.0. The second-order valence-electron chi connectivity index (χ2n) is 9.86. The lowest BCUT2D eigenvalue weighted by atomic mass is 9.51. The second-order valence-corrected chi connectivity index (χ2v) is 9.86. The fourth-order valence-corrected chi connectivity index (χ4v) is 6.34. The Morgan fingerprint density at radius 1 is 0.846 bits per heavy atom. The van der Waals surface area contributed by atoms with Crippen molar-refractivity contribution in [3.8, 4) is 0 Å². The molecule has 0 radical (unpaired) electrons. The molecule has 26 heavy (non-hydrogen) atoms. The van der Waals surface area contributed by atoms with Crippen molar-refractivity contribution >= 4 is 0 Å². The molecule has 0 saturated heterocycles. The van der Waals surface area contributed by atoms with Gasteiger partial charge in [0.05, 0.1) is 6.10 Å². The van der Waals surface area contributed by atoms with Crippen molar-refractivity contribution in [2.24, 2.45) is 5.41 Å². The fourth-order valence-electron chi connectivity index (χ4n) is 6.34. The van der Waals surface area contributed by atoms with Crippen LogP contribution in [-0.2, 0) is 5.41 Å². The van der Waals surface area contributed by atoms with Gasteiger partial charge in [0.15, 0.2) is 0 Å². The third kappa shape index (κ3) is 3.61. The van der Waals surface area contributed by atoms with E-state index in [9.17, 15) is 5.11 Å². The predicted molar refractivity (Wildman–Crippen MR) is 110 cm³/mol. The molecule has 144 valence electrons. The maximum Gasteiger partial charge on any atom is 0.0540 e. The number of benzene rings is 1. The van der Waals surface area contributed by atoms with Crippen LogP contribution < -0.4 is 0 Å². The lowest BCUT2D eigenvalue weighted by Gasteiger charge is -2.54. The summed E-state index contributed by atoms with van der Waals surface area (Å²) in [6, 6.07) is 9.78. The summed E-state index contributed by atoms with van der Waals surface area (Å²) in [4.78, 5) is 0. The van der Waals surface area contributed by atoms with Gasteiger partial charge < -0.3 is 5.11 Å². The molecular weight excluding hydrogens is 316 g/mol. The highest BCUT2D eigenvalue weighted by molar-refractivity contribution is 5.33. The van der Waals surface area contributed by atoms with Gasteiger partial charge >= 0.3 is 0 Å². The van der Waals surface area contributed by atoms with Crippen LogP contribution in [0.1, 0.15) is 114 Å². The van der Waals surface area contributed by atoms with Gasteiger partial charge in [0.25, 0.3) is 0 Å². The van der Waals surface area contributed by atoms with Crippen LogP contribution in [0.4, 0.5) is 0 Å². The Morgan fingerprint density at radius 2 is 1.46 bits per heavy atom. The molecule has 1 aromatic carbocycles. The number of hydrogen-bond acceptors (Lipinski definition) is 1. The molecule has 0 aromatic heterocycles. The van der Waals surface area contributed by atoms with Crippen LogP contribution in [0.2, 0.25) is 0 Å². The molecule has 5 rings (SSSR count). The Bertz CT molecular complexity index is 554. The standard InChI is InChI=1S/C25H38O/c1-2-3-4-13-24-14-17-25(18-15-24,19-16-24)22-9-5-20(6-10-22)21-7-11-23(26)12-8-21/h5-6,9-10,21,23,26H,2-4,7-8,11-19H2,1H3/t21-,23-,24?,25?. The summed E-state index contributed by atoms with van der Waals surface area (Å²) in [6.45, 7) is 2.32. The number of aliphatic hydroxyl groups excluding tert-OH is 1. The zero-order valence-corrected chi connectivity index (χ0v) is 16.8. The Balaban J connectivity index is 1.40. The smallest absolute Gasteiger partial charge is 0.0540 e. The van der Waals surface area contributed by atoms with E-state index in [1.54, 1.807) is 5.56 Å². The van der Waals surface area contributed by atoms with E-state index in [2.05, 4.69) is 31.2 Å². The highest BCUT2D eigenvalue weighted by Gasteiger charge is 2.48.